The Balaban J connectivity index is 1.41. The molecule has 5 rings (SSSR count). The van der Waals surface area contributed by atoms with Gasteiger partial charge >= 0.3 is 11.9 Å². The third kappa shape index (κ3) is 4.51. The number of rotatable bonds is 6. The van der Waals surface area contributed by atoms with Crippen LogP contribution in [0.2, 0.25) is 10.0 Å². The summed E-state index contributed by atoms with van der Waals surface area (Å²) in [6.07, 6.45) is 0. The molecule has 0 saturated heterocycles. The first kappa shape index (κ1) is 25.4. The average molecular weight is 547 g/mol. The molecule has 38 heavy (non-hydrogen) atoms. The molecule has 1 aliphatic heterocycles. The lowest BCUT2D eigenvalue weighted by Gasteiger charge is -2.24. The Hall–Kier alpha value is -4.20. The Morgan fingerprint density at radius 3 is 2.03 bits per heavy atom. The molecule has 1 heterocycles. The maximum absolute atomic E-state index is 12.7. The number of carbonyl (C=O) groups excluding carboxylic acids is 3. The molecule has 1 aliphatic rings. The highest BCUT2D eigenvalue weighted by Gasteiger charge is 2.35. The minimum Gasteiger partial charge on any atom is -0.474 e. The summed E-state index contributed by atoms with van der Waals surface area (Å²) < 4.78 is 0. The van der Waals surface area contributed by atoms with Gasteiger partial charge < -0.3 is 10.0 Å². The number of fused-ring (bicyclic) bond motifs is 2. The Labute approximate surface area is 227 Å². The Morgan fingerprint density at radius 2 is 1.34 bits per heavy atom. The minimum absolute atomic E-state index is 0.176. The van der Waals surface area contributed by atoms with Gasteiger partial charge in [0, 0.05) is 25.2 Å². The topological polar surface area (TPSA) is 95.0 Å². The predicted molar refractivity (Wildman–Crippen MR) is 144 cm³/mol. The molecule has 0 atom stereocenters. The smallest absolute Gasteiger partial charge is 0.394 e. The molecule has 0 spiro atoms. The van der Waals surface area contributed by atoms with Crippen molar-refractivity contribution in [2.45, 2.75) is 6.54 Å². The summed E-state index contributed by atoms with van der Waals surface area (Å²) in [5.74, 6) is -3.84. The molecule has 0 unspecified atom stereocenters. The van der Waals surface area contributed by atoms with E-state index in [4.69, 9.17) is 23.2 Å². The van der Waals surface area contributed by atoms with Crippen molar-refractivity contribution in [1.29, 1.82) is 0 Å². The van der Waals surface area contributed by atoms with Gasteiger partial charge in [-0.25, -0.2) is 4.79 Å². The van der Waals surface area contributed by atoms with Crippen molar-refractivity contribution in [2.24, 2.45) is 0 Å². The van der Waals surface area contributed by atoms with E-state index in [-0.39, 0.29) is 40.8 Å². The first-order valence-electron chi connectivity index (χ1n) is 11.7. The lowest BCUT2D eigenvalue weighted by atomic mass is 9.97. The first-order valence-corrected chi connectivity index (χ1v) is 12.5. The minimum atomic E-state index is -1.66. The van der Waals surface area contributed by atoms with Crippen molar-refractivity contribution >= 4 is 57.7 Å². The maximum atomic E-state index is 12.7. The van der Waals surface area contributed by atoms with Gasteiger partial charge in [-0.15, -0.1) is 0 Å². The standard InChI is InChI=1S/C29H20Cl2N2O5/c30-24-18(12-13-21(25(24)31)20-11-5-7-17-6-1-2-8-19(17)20)16-32(28(36)29(37)38)14-15-33-26(34)22-9-3-4-10-23(22)27(33)35/h1-13H,14-16H2,(H,37,38). The number of hydrogen-bond acceptors (Lipinski definition) is 4. The molecular weight excluding hydrogens is 527 g/mol. The Kier molecular flexibility index (Phi) is 6.89. The van der Waals surface area contributed by atoms with Crippen molar-refractivity contribution in [3.05, 3.63) is 106 Å². The SMILES string of the molecule is O=C(O)C(=O)N(CCN1C(=O)c2ccccc2C1=O)Cc1ccc(-c2cccc3ccccc23)c(Cl)c1Cl. The van der Waals surface area contributed by atoms with Crippen LogP contribution in [0.5, 0.6) is 0 Å². The highest BCUT2D eigenvalue weighted by atomic mass is 35.5. The fourth-order valence-corrected chi connectivity index (χ4v) is 5.15. The first-order chi connectivity index (χ1) is 18.3. The molecule has 0 saturated carbocycles. The van der Waals surface area contributed by atoms with E-state index in [9.17, 15) is 24.3 Å². The van der Waals surface area contributed by atoms with Crippen LogP contribution in [-0.2, 0) is 16.1 Å². The second kappa shape index (κ2) is 10.3. The highest BCUT2D eigenvalue weighted by molar-refractivity contribution is 6.44. The third-order valence-electron chi connectivity index (χ3n) is 6.55. The van der Waals surface area contributed by atoms with Crippen molar-refractivity contribution < 1.29 is 24.3 Å². The van der Waals surface area contributed by atoms with Crippen molar-refractivity contribution in [3.63, 3.8) is 0 Å². The zero-order valence-electron chi connectivity index (χ0n) is 19.9. The monoisotopic (exact) mass is 546 g/mol. The number of amides is 3. The molecule has 7 nitrogen and oxygen atoms in total. The molecule has 4 aromatic carbocycles. The number of halogens is 2. The van der Waals surface area contributed by atoms with Crippen LogP contribution in [0.15, 0.2) is 78.9 Å². The molecular formula is C29H20Cl2N2O5. The van der Waals surface area contributed by atoms with E-state index >= 15 is 0 Å². The summed E-state index contributed by atoms with van der Waals surface area (Å²) in [7, 11) is 0. The lowest BCUT2D eigenvalue weighted by molar-refractivity contribution is -0.156. The van der Waals surface area contributed by atoms with Crippen LogP contribution in [-0.4, -0.2) is 51.7 Å². The van der Waals surface area contributed by atoms with Gasteiger partial charge in [0.05, 0.1) is 21.2 Å². The van der Waals surface area contributed by atoms with Crippen LogP contribution in [0.4, 0.5) is 0 Å². The van der Waals surface area contributed by atoms with Crippen molar-refractivity contribution in [1.82, 2.24) is 9.80 Å². The van der Waals surface area contributed by atoms with E-state index in [0.29, 0.717) is 11.1 Å². The lowest BCUT2D eigenvalue weighted by Crippen LogP contribution is -2.43. The van der Waals surface area contributed by atoms with Gasteiger partial charge in [-0.05, 0) is 34.0 Å². The Bertz CT molecular complexity index is 1590. The van der Waals surface area contributed by atoms with Gasteiger partial charge in [0.25, 0.3) is 11.8 Å². The maximum Gasteiger partial charge on any atom is 0.394 e. The van der Waals surface area contributed by atoms with Gasteiger partial charge in [-0.3, -0.25) is 19.3 Å². The second-order valence-corrected chi connectivity index (χ2v) is 9.52. The van der Waals surface area contributed by atoms with E-state index in [0.717, 1.165) is 26.1 Å². The van der Waals surface area contributed by atoms with E-state index in [1.54, 1.807) is 36.4 Å². The number of carbonyl (C=O) groups is 4. The molecule has 0 bridgehead atoms. The van der Waals surface area contributed by atoms with E-state index < -0.39 is 23.7 Å². The van der Waals surface area contributed by atoms with Gasteiger partial charge in [0.15, 0.2) is 0 Å². The van der Waals surface area contributed by atoms with Crippen LogP contribution >= 0.6 is 23.2 Å². The van der Waals surface area contributed by atoms with Crippen LogP contribution in [0.1, 0.15) is 26.3 Å². The normalized spacial score (nSPS) is 12.6. The quantitative estimate of drug-likeness (QED) is 0.253. The van der Waals surface area contributed by atoms with Crippen LogP contribution in [0, 0.1) is 0 Å². The van der Waals surface area contributed by atoms with Crippen LogP contribution in [0.25, 0.3) is 21.9 Å². The largest absolute Gasteiger partial charge is 0.474 e. The third-order valence-corrected chi connectivity index (χ3v) is 7.47. The highest BCUT2D eigenvalue weighted by Crippen LogP contribution is 2.39. The number of carboxylic acid groups (broad SMARTS) is 1. The summed E-state index contributed by atoms with van der Waals surface area (Å²) in [6, 6.07) is 23.6. The van der Waals surface area contributed by atoms with Crippen molar-refractivity contribution in [3.8, 4) is 11.1 Å². The summed E-state index contributed by atoms with van der Waals surface area (Å²) in [5.41, 5.74) is 2.54. The van der Waals surface area contributed by atoms with Gasteiger partial charge in [0.1, 0.15) is 0 Å². The van der Waals surface area contributed by atoms with E-state index in [1.807, 2.05) is 42.5 Å². The fourth-order valence-electron chi connectivity index (χ4n) is 4.64. The summed E-state index contributed by atoms with van der Waals surface area (Å²) >= 11 is 13.3. The number of benzene rings is 4. The molecule has 9 heteroatoms. The van der Waals surface area contributed by atoms with Crippen LogP contribution in [0.3, 0.4) is 0 Å². The number of imide groups is 1. The summed E-state index contributed by atoms with van der Waals surface area (Å²) in [6.45, 7) is -0.552. The summed E-state index contributed by atoms with van der Waals surface area (Å²) in [4.78, 5) is 51.5. The molecule has 0 radical (unpaired) electrons. The molecule has 0 aliphatic carbocycles. The zero-order chi connectivity index (χ0) is 27.0. The molecule has 4 aromatic rings. The fraction of sp³-hybridized carbons (Fsp3) is 0.103. The van der Waals surface area contributed by atoms with E-state index in [1.165, 1.54) is 0 Å². The van der Waals surface area contributed by atoms with Crippen molar-refractivity contribution in [2.75, 3.05) is 13.1 Å². The molecule has 0 fully saturated rings. The van der Waals surface area contributed by atoms with Gasteiger partial charge in [-0.2, -0.15) is 0 Å². The van der Waals surface area contributed by atoms with Gasteiger partial charge in [-0.1, -0.05) is 89.9 Å². The number of aliphatic carboxylic acids is 1. The number of nitrogens with zero attached hydrogens (tertiary/aromatic N) is 2. The van der Waals surface area contributed by atoms with Gasteiger partial charge in [0.2, 0.25) is 0 Å². The Morgan fingerprint density at radius 1 is 0.737 bits per heavy atom. The molecule has 3 amide bonds. The number of hydrogen-bond donors (Lipinski definition) is 1. The molecule has 190 valence electrons. The predicted octanol–water partition coefficient (Wildman–Crippen LogP) is 5.52. The van der Waals surface area contributed by atoms with Crippen LogP contribution < -0.4 is 0 Å². The molecule has 1 N–H and O–H groups in total. The second-order valence-electron chi connectivity index (χ2n) is 8.77. The van der Waals surface area contributed by atoms with E-state index in [2.05, 4.69) is 0 Å². The number of carboxylic acids is 1. The molecule has 0 aromatic heterocycles. The summed E-state index contributed by atoms with van der Waals surface area (Å²) in [5, 5.41) is 11.9. The zero-order valence-corrected chi connectivity index (χ0v) is 21.4. The average Bonchev–Trinajstić information content (AvgIpc) is 3.17.